The van der Waals surface area contributed by atoms with Gasteiger partial charge in [-0.15, -0.1) is 0 Å². The quantitative estimate of drug-likeness (QED) is 0.0968. The van der Waals surface area contributed by atoms with Crippen molar-refractivity contribution in [2.45, 2.75) is 78.9 Å². The summed E-state index contributed by atoms with van der Waals surface area (Å²) in [5.41, 5.74) is 4.87. The molecule has 5 heterocycles. The molecular formula is C39H46N4O8. The third kappa shape index (κ3) is 7.95. The molecule has 8 bridgehead atoms. The number of methoxy groups -OCH3 is 3. The number of nitrogens with one attached hydrogen (secondary N) is 4. The van der Waals surface area contributed by atoms with Crippen LogP contribution < -0.4 is 21.4 Å². The van der Waals surface area contributed by atoms with Crippen LogP contribution in [0.4, 0.5) is 0 Å². The highest BCUT2D eigenvalue weighted by Crippen LogP contribution is 2.24. The van der Waals surface area contributed by atoms with Crippen LogP contribution in [0.5, 0.6) is 0 Å². The minimum Gasteiger partial charge on any atom is -0.481 e. The van der Waals surface area contributed by atoms with Gasteiger partial charge in [-0.25, -0.2) is 0 Å². The fourth-order valence-corrected chi connectivity index (χ4v) is 6.14. The maximum atomic E-state index is 12.6. The lowest BCUT2D eigenvalue weighted by Gasteiger charge is -2.03. The van der Waals surface area contributed by atoms with Crippen LogP contribution in [0.1, 0.15) is 104 Å². The Balaban J connectivity index is 1.98. The Labute approximate surface area is 306 Å². The zero-order valence-corrected chi connectivity index (χ0v) is 29.4. The molecule has 0 aromatic carbocycles. The van der Waals surface area contributed by atoms with Crippen molar-refractivity contribution >= 4 is 48.2 Å². The molecule has 4 aromatic rings. The minimum atomic E-state index is -2.70. The first kappa shape index (κ1) is 27.2. The zero-order valence-electron chi connectivity index (χ0n) is 37.4. The number of fused-ring (bicyclic) bond motifs is 8. The molecule has 0 spiro atoms. The minimum absolute atomic E-state index is 0.300. The van der Waals surface area contributed by atoms with Gasteiger partial charge in [0.1, 0.15) is 0 Å². The van der Waals surface area contributed by atoms with E-state index >= 15 is 0 Å². The summed E-state index contributed by atoms with van der Waals surface area (Å²) in [6.45, 7) is 6.76. The summed E-state index contributed by atoms with van der Waals surface area (Å²) in [7, 11) is 3.23. The fourth-order valence-electron chi connectivity index (χ4n) is 6.14. The number of aliphatic carboxylic acids is 1. The van der Waals surface area contributed by atoms with E-state index in [0.29, 0.717) is 88.7 Å². The Bertz CT molecular complexity index is 2600. The van der Waals surface area contributed by atoms with Gasteiger partial charge < -0.3 is 39.3 Å². The lowest BCUT2D eigenvalue weighted by atomic mass is 10.0. The number of carboxylic acid groups (broad SMARTS) is 1. The lowest BCUT2D eigenvalue weighted by molar-refractivity contribution is -0.141. The van der Waals surface area contributed by atoms with E-state index in [2.05, 4.69) is 19.9 Å². The fraction of sp³-hybridized carbons (Fsp3) is 0.385. The third-order valence-electron chi connectivity index (χ3n) is 9.16. The average molecular weight is 707 g/mol. The first-order valence-electron chi connectivity index (χ1n) is 20.0. The first-order chi connectivity index (χ1) is 27.3. The average Bonchev–Trinajstić information content (AvgIpc) is 3.80. The van der Waals surface area contributed by atoms with Crippen molar-refractivity contribution < 1.29 is 49.5 Å². The van der Waals surface area contributed by atoms with Gasteiger partial charge in [-0.2, -0.15) is 0 Å². The maximum Gasteiger partial charge on any atom is 0.305 e. The predicted molar refractivity (Wildman–Crippen MR) is 192 cm³/mol. The number of carboxylic acids is 1. The Kier molecular flexibility index (Phi) is 8.32. The summed E-state index contributed by atoms with van der Waals surface area (Å²) in [5, 5.41) is 11.2. The highest BCUT2D eigenvalue weighted by Gasteiger charge is 2.19. The van der Waals surface area contributed by atoms with Crippen LogP contribution in [0.2, 0.25) is 0 Å². The van der Waals surface area contributed by atoms with Gasteiger partial charge >= 0.3 is 23.9 Å². The molecule has 51 heavy (non-hydrogen) atoms. The first-order valence-corrected chi connectivity index (χ1v) is 16.0. The molecule has 270 valence electrons. The monoisotopic (exact) mass is 706 g/mol. The van der Waals surface area contributed by atoms with E-state index in [1.54, 1.807) is 52.0 Å². The van der Waals surface area contributed by atoms with Gasteiger partial charge in [0.2, 0.25) is 0 Å². The number of hydrogen-bond donors (Lipinski definition) is 5. The molecule has 12 heteroatoms. The van der Waals surface area contributed by atoms with Gasteiger partial charge in [-0.3, -0.25) is 19.2 Å². The van der Waals surface area contributed by atoms with Gasteiger partial charge in [0.05, 0.1) is 21.3 Å². The van der Waals surface area contributed by atoms with Crippen molar-refractivity contribution in [3.05, 3.63) is 88.7 Å². The number of carbonyl (C=O) groups excluding carboxylic acids is 3. The van der Waals surface area contributed by atoms with E-state index in [-0.39, 0.29) is 0 Å². The molecule has 0 radical (unpaired) electrons. The summed E-state index contributed by atoms with van der Waals surface area (Å²) < 4.78 is 82.2. The Hall–Kier alpha value is -5.52. The number of esters is 3. The summed E-state index contributed by atoms with van der Waals surface area (Å²) >= 11 is 0. The molecule has 0 saturated carbocycles. The van der Waals surface area contributed by atoms with E-state index in [0.717, 1.165) is 21.3 Å². The van der Waals surface area contributed by atoms with Gasteiger partial charge in [-0.1, -0.05) is 0 Å². The van der Waals surface area contributed by atoms with E-state index in [1.165, 1.54) is 0 Å². The molecular weight excluding hydrogens is 652 g/mol. The van der Waals surface area contributed by atoms with Crippen LogP contribution in [0, 0.1) is 27.7 Å². The van der Waals surface area contributed by atoms with Crippen molar-refractivity contribution in [1.82, 2.24) is 19.9 Å². The molecule has 0 saturated heterocycles. The third-order valence-corrected chi connectivity index (χ3v) is 9.16. The van der Waals surface area contributed by atoms with Crippen LogP contribution in [0.25, 0.3) is 24.3 Å². The Morgan fingerprint density at radius 1 is 0.510 bits per heavy atom. The van der Waals surface area contributed by atoms with Crippen molar-refractivity contribution in [2.24, 2.45) is 0 Å². The predicted octanol–water partition coefficient (Wildman–Crippen LogP) is 2.20. The molecule has 0 atom stereocenters. The summed E-state index contributed by atoms with van der Waals surface area (Å²) in [6, 6.07) is 0. The molecule has 5 rings (SSSR count). The number of ether oxygens (including phenoxy) is 3. The van der Waals surface area contributed by atoms with Crippen molar-refractivity contribution in [3.8, 4) is 0 Å². The van der Waals surface area contributed by atoms with Gasteiger partial charge in [0.15, 0.2) is 0 Å². The van der Waals surface area contributed by atoms with E-state index < -0.39 is 75.1 Å². The standard InChI is InChI=1S/C39H46N4O8/c1-20-24(8-12-36(44)45)32-16-29-21(2)25(9-13-37(46)49-5)34(41-29)18-31-23(4)27(11-15-39(48)51-7)35(43-31)19-30-22(3)26(10-14-38(47)50-6)33(42-30)17-28(20)40-32/h16-19,40-43H,8-15H2,1-7H3,(H,44,45)/i12D2,13D2,14D2,15D2. The number of aromatic nitrogens is 4. The largest absolute Gasteiger partial charge is 0.481 e. The Morgan fingerprint density at radius 2 is 0.843 bits per heavy atom. The van der Waals surface area contributed by atoms with Gasteiger partial charge in [0, 0.05) is 80.6 Å². The van der Waals surface area contributed by atoms with Crippen molar-refractivity contribution in [3.63, 3.8) is 0 Å². The van der Waals surface area contributed by atoms with Gasteiger partial charge in [0.25, 0.3) is 0 Å². The Morgan fingerprint density at radius 3 is 1.20 bits per heavy atom. The summed E-state index contributed by atoms with van der Waals surface area (Å²) in [6.07, 6.45) is -5.48. The highest BCUT2D eigenvalue weighted by atomic mass is 16.5. The maximum absolute atomic E-state index is 12.6. The van der Waals surface area contributed by atoms with Gasteiger partial charge in [-0.05, 0) is 122 Å². The second-order valence-corrected chi connectivity index (χ2v) is 12.0. The smallest absolute Gasteiger partial charge is 0.305 e. The molecule has 0 amide bonds. The van der Waals surface area contributed by atoms with Crippen LogP contribution in [-0.2, 0) is 59.1 Å². The van der Waals surface area contributed by atoms with E-state index in [9.17, 15) is 24.3 Å². The van der Waals surface area contributed by atoms with E-state index in [1.807, 2.05) is 0 Å². The lowest BCUT2D eigenvalue weighted by Crippen LogP contribution is -2.14. The number of H-pyrrole nitrogens is 4. The molecule has 1 aliphatic heterocycles. The topological polar surface area (TPSA) is 179 Å². The molecule has 0 unspecified atom stereocenters. The molecule has 0 fully saturated rings. The van der Waals surface area contributed by atoms with Crippen LogP contribution in [-0.4, -0.2) is 70.2 Å². The van der Waals surface area contributed by atoms with Crippen molar-refractivity contribution in [1.29, 1.82) is 0 Å². The number of hydrogen-bond acceptors (Lipinski definition) is 7. The van der Waals surface area contributed by atoms with E-state index in [4.69, 9.17) is 25.2 Å². The number of carbonyl (C=O) groups is 4. The SMILES string of the molecule is [2H]C([2H])(Cc1c(C)c2[nH]c1=Cc1[nH]c(c(CC([2H])([2H])C(=O)OC)c1C)C=c1[nH]c(c(CC([2H])([2H])C(=O)OC)c1C)=Cc1[nH]c(c(CC([2H])([2H])C(=O)OC)c1C)C=2)C(=O)O. The molecule has 5 N–H and O–H groups in total. The second kappa shape index (κ2) is 15.6. The zero-order chi connectivity index (χ0) is 44.2. The van der Waals surface area contributed by atoms with Crippen molar-refractivity contribution in [2.75, 3.05) is 21.3 Å². The highest BCUT2D eigenvalue weighted by molar-refractivity contribution is 5.73. The van der Waals surface area contributed by atoms with Crippen LogP contribution in [0.3, 0.4) is 0 Å². The normalized spacial score (nSPS) is 15.4. The molecule has 0 aliphatic carbocycles. The number of aromatic amines is 4. The summed E-state index contributed by atoms with van der Waals surface area (Å²) in [4.78, 5) is 63.0. The molecule has 4 aromatic heterocycles. The molecule has 12 nitrogen and oxygen atoms in total. The van der Waals surface area contributed by atoms with Crippen LogP contribution >= 0.6 is 0 Å². The van der Waals surface area contributed by atoms with Crippen LogP contribution in [0.15, 0.2) is 0 Å². The number of rotatable bonds is 12. The summed E-state index contributed by atoms with van der Waals surface area (Å²) in [5.74, 6) is -4.99. The second-order valence-electron chi connectivity index (χ2n) is 12.0. The molecule has 1 aliphatic rings.